The first-order chi connectivity index (χ1) is 15.6. The first-order valence-electron chi connectivity index (χ1n) is 10.4. The molecule has 3 N–H and O–H groups in total. The fourth-order valence-corrected chi connectivity index (χ4v) is 4.87. The first-order valence-corrected chi connectivity index (χ1v) is 11.3. The standard InChI is InChI=1S/C22H24N6O3S/c1-31-15-3-2-14-12-28(21(30)16(14)10-15)22-26-18(13-32-22)20(29)25-17-11-24-5-4-19(17)27-8-6-23-7-9-27/h2-5,10-11,13,21,23,30H,6-9,12H2,1H3,(H,25,29). The number of hydrogen-bond acceptors (Lipinski definition) is 9. The highest BCUT2D eigenvalue weighted by atomic mass is 32.1. The number of rotatable bonds is 5. The Balaban J connectivity index is 1.32. The lowest BCUT2D eigenvalue weighted by Crippen LogP contribution is -2.43. The van der Waals surface area contributed by atoms with Crippen LogP contribution in [0.1, 0.15) is 27.8 Å². The van der Waals surface area contributed by atoms with Crippen LogP contribution < -0.4 is 25.2 Å². The zero-order valence-corrected chi connectivity index (χ0v) is 18.4. The fourth-order valence-electron chi connectivity index (χ4n) is 4.05. The third-order valence-corrected chi connectivity index (χ3v) is 6.62. The molecule has 1 atom stereocenters. The molecule has 0 spiro atoms. The van der Waals surface area contributed by atoms with Crippen LogP contribution in [0.25, 0.3) is 0 Å². The van der Waals surface area contributed by atoms with Crippen LogP contribution in [-0.2, 0) is 6.54 Å². The SMILES string of the molecule is COc1ccc2c(c1)C(O)N(c1nc(C(=O)Nc3cnccc3N3CCNCC3)cs1)C2. The molecular weight excluding hydrogens is 428 g/mol. The van der Waals surface area contributed by atoms with Gasteiger partial charge in [-0.25, -0.2) is 4.98 Å². The van der Waals surface area contributed by atoms with Gasteiger partial charge in [0.2, 0.25) is 0 Å². The van der Waals surface area contributed by atoms with Crippen molar-refractivity contribution in [3.8, 4) is 5.75 Å². The number of aliphatic hydroxyl groups excluding tert-OH is 1. The second-order valence-corrected chi connectivity index (χ2v) is 8.50. The number of carbonyl (C=O) groups is 1. The van der Waals surface area contributed by atoms with Gasteiger partial charge in [0.25, 0.3) is 5.91 Å². The van der Waals surface area contributed by atoms with Crippen molar-refractivity contribution in [2.24, 2.45) is 0 Å². The summed E-state index contributed by atoms with van der Waals surface area (Å²) in [6, 6.07) is 7.57. The fraction of sp³-hybridized carbons (Fsp3) is 0.318. The number of fused-ring (bicyclic) bond motifs is 1. The average Bonchev–Trinajstić information content (AvgIpc) is 3.45. The molecule has 10 heteroatoms. The average molecular weight is 453 g/mol. The zero-order chi connectivity index (χ0) is 22.1. The summed E-state index contributed by atoms with van der Waals surface area (Å²) in [4.78, 5) is 25.6. The van der Waals surface area contributed by atoms with Crippen molar-refractivity contribution in [2.75, 3.05) is 48.4 Å². The van der Waals surface area contributed by atoms with Crippen molar-refractivity contribution in [3.05, 3.63) is 58.9 Å². The largest absolute Gasteiger partial charge is 0.497 e. The Labute approximate surface area is 189 Å². The van der Waals surface area contributed by atoms with Crippen LogP contribution in [0.2, 0.25) is 0 Å². The number of nitrogens with one attached hydrogen (secondary N) is 2. The monoisotopic (exact) mass is 452 g/mol. The molecule has 1 unspecified atom stereocenters. The Kier molecular flexibility index (Phi) is 5.64. The molecule has 1 fully saturated rings. The van der Waals surface area contributed by atoms with Gasteiger partial charge >= 0.3 is 0 Å². The Morgan fingerprint density at radius 2 is 2.16 bits per heavy atom. The van der Waals surface area contributed by atoms with E-state index >= 15 is 0 Å². The summed E-state index contributed by atoms with van der Waals surface area (Å²) in [7, 11) is 1.60. The molecule has 3 aromatic rings. The van der Waals surface area contributed by atoms with E-state index in [4.69, 9.17) is 4.74 Å². The lowest BCUT2D eigenvalue weighted by Gasteiger charge is -2.30. The number of methoxy groups -OCH3 is 1. The van der Waals surface area contributed by atoms with E-state index in [-0.39, 0.29) is 5.91 Å². The maximum atomic E-state index is 12.9. The summed E-state index contributed by atoms with van der Waals surface area (Å²) in [5, 5.41) is 19.4. The van der Waals surface area contributed by atoms with E-state index in [0.29, 0.717) is 28.8 Å². The minimum atomic E-state index is -0.834. The molecule has 166 valence electrons. The molecule has 1 amide bonds. The molecule has 0 aliphatic carbocycles. The molecule has 1 aromatic carbocycles. The van der Waals surface area contributed by atoms with Crippen LogP contribution in [-0.4, -0.2) is 54.3 Å². The molecular formula is C22H24N6O3S. The Hall–Kier alpha value is -3.21. The van der Waals surface area contributed by atoms with Crippen molar-refractivity contribution in [3.63, 3.8) is 0 Å². The number of piperazine rings is 1. The summed E-state index contributed by atoms with van der Waals surface area (Å²) in [5.74, 6) is 0.394. The van der Waals surface area contributed by atoms with Crippen LogP contribution in [0.3, 0.4) is 0 Å². The summed E-state index contributed by atoms with van der Waals surface area (Å²) in [5.41, 5.74) is 3.72. The van der Waals surface area contributed by atoms with Crippen LogP contribution in [0, 0.1) is 0 Å². The van der Waals surface area contributed by atoms with Gasteiger partial charge in [0, 0.05) is 49.9 Å². The topological polar surface area (TPSA) is 103 Å². The minimum absolute atomic E-state index is 0.301. The predicted octanol–water partition coefficient (Wildman–Crippen LogP) is 2.22. The van der Waals surface area contributed by atoms with Crippen LogP contribution in [0.5, 0.6) is 5.75 Å². The molecule has 2 aliphatic rings. The molecule has 4 heterocycles. The van der Waals surface area contributed by atoms with Crippen molar-refractivity contribution >= 4 is 33.8 Å². The second-order valence-electron chi connectivity index (χ2n) is 7.67. The second kappa shape index (κ2) is 8.73. The number of thiazole rings is 1. The van der Waals surface area contributed by atoms with Crippen LogP contribution >= 0.6 is 11.3 Å². The number of pyridine rings is 1. The molecule has 0 saturated carbocycles. The Morgan fingerprint density at radius 3 is 2.97 bits per heavy atom. The van der Waals surface area contributed by atoms with E-state index < -0.39 is 6.23 Å². The Morgan fingerprint density at radius 1 is 1.31 bits per heavy atom. The highest BCUT2D eigenvalue weighted by Crippen LogP contribution is 2.39. The molecule has 2 aliphatic heterocycles. The van der Waals surface area contributed by atoms with E-state index in [9.17, 15) is 9.90 Å². The number of aliphatic hydroxyl groups is 1. The van der Waals surface area contributed by atoms with Crippen molar-refractivity contribution in [1.29, 1.82) is 0 Å². The van der Waals surface area contributed by atoms with Gasteiger partial charge in [-0.15, -0.1) is 11.3 Å². The molecule has 1 saturated heterocycles. The minimum Gasteiger partial charge on any atom is -0.497 e. The number of nitrogens with zero attached hydrogens (tertiary/aromatic N) is 4. The van der Waals surface area contributed by atoms with Crippen molar-refractivity contribution in [1.82, 2.24) is 15.3 Å². The quantitative estimate of drug-likeness (QED) is 0.542. The van der Waals surface area contributed by atoms with Gasteiger partial charge in [-0.1, -0.05) is 6.07 Å². The maximum Gasteiger partial charge on any atom is 0.275 e. The predicted molar refractivity (Wildman–Crippen MR) is 124 cm³/mol. The molecule has 5 rings (SSSR count). The van der Waals surface area contributed by atoms with Gasteiger partial charge in [0.1, 0.15) is 11.4 Å². The third-order valence-electron chi connectivity index (χ3n) is 5.74. The van der Waals surface area contributed by atoms with Gasteiger partial charge in [0.15, 0.2) is 11.4 Å². The number of anilines is 3. The lowest BCUT2D eigenvalue weighted by atomic mass is 10.1. The molecule has 0 bridgehead atoms. The first kappa shape index (κ1) is 20.7. The van der Waals surface area contributed by atoms with E-state index in [1.165, 1.54) is 11.3 Å². The number of benzene rings is 1. The van der Waals surface area contributed by atoms with Crippen LogP contribution in [0.15, 0.2) is 42.0 Å². The summed E-state index contributed by atoms with van der Waals surface area (Å²) < 4.78 is 5.27. The number of aromatic nitrogens is 2. The van der Waals surface area contributed by atoms with E-state index in [2.05, 4.69) is 25.5 Å². The van der Waals surface area contributed by atoms with E-state index in [0.717, 1.165) is 43.0 Å². The zero-order valence-electron chi connectivity index (χ0n) is 17.6. The number of hydrogen-bond donors (Lipinski definition) is 3. The van der Waals surface area contributed by atoms with Crippen molar-refractivity contribution < 1.29 is 14.6 Å². The van der Waals surface area contributed by atoms with E-state index in [1.54, 1.807) is 29.8 Å². The third kappa shape index (κ3) is 3.88. The highest BCUT2D eigenvalue weighted by Gasteiger charge is 2.31. The maximum absolute atomic E-state index is 12.9. The van der Waals surface area contributed by atoms with E-state index in [1.807, 2.05) is 24.3 Å². The van der Waals surface area contributed by atoms with Gasteiger partial charge in [0.05, 0.1) is 24.7 Å². The summed E-state index contributed by atoms with van der Waals surface area (Å²) in [6.45, 7) is 4.05. The summed E-state index contributed by atoms with van der Waals surface area (Å²) in [6.07, 6.45) is 2.56. The van der Waals surface area contributed by atoms with Gasteiger partial charge in [-0.05, 0) is 23.8 Å². The van der Waals surface area contributed by atoms with Gasteiger partial charge in [-0.2, -0.15) is 0 Å². The van der Waals surface area contributed by atoms with Gasteiger partial charge in [-0.3, -0.25) is 9.78 Å². The van der Waals surface area contributed by atoms with Crippen molar-refractivity contribution in [2.45, 2.75) is 12.8 Å². The number of ether oxygens (including phenoxy) is 1. The van der Waals surface area contributed by atoms with Gasteiger partial charge < -0.3 is 30.3 Å². The molecule has 32 heavy (non-hydrogen) atoms. The molecule has 9 nitrogen and oxygen atoms in total. The smallest absolute Gasteiger partial charge is 0.275 e. The lowest BCUT2D eigenvalue weighted by molar-refractivity contribution is 0.102. The molecule has 0 radical (unpaired) electrons. The number of amides is 1. The number of carbonyl (C=O) groups excluding carboxylic acids is 1. The summed E-state index contributed by atoms with van der Waals surface area (Å²) >= 11 is 1.33. The highest BCUT2D eigenvalue weighted by molar-refractivity contribution is 7.14. The normalized spacial score (nSPS) is 17.9. The molecule has 2 aromatic heterocycles. The van der Waals surface area contributed by atoms with Crippen LogP contribution in [0.4, 0.5) is 16.5 Å². The Bertz CT molecular complexity index is 1130.